The number of hydrogen-bond donors (Lipinski definition) is 2. The van der Waals surface area contributed by atoms with Gasteiger partial charge in [-0.15, -0.1) is 11.3 Å². The molecule has 0 unspecified atom stereocenters. The molecule has 3 heterocycles. The van der Waals surface area contributed by atoms with E-state index in [0.717, 1.165) is 0 Å². The Hall–Kier alpha value is -1.57. The number of rotatable bonds is 7. The summed E-state index contributed by atoms with van der Waals surface area (Å²) >= 11 is 6.14. The molecule has 1 aliphatic rings. The Balaban J connectivity index is 2.33. The van der Waals surface area contributed by atoms with Crippen LogP contribution in [0.1, 0.15) is 85.8 Å². The third kappa shape index (κ3) is 4.31. The number of fused-ring (bicyclic) bond motifs is 1. The van der Waals surface area contributed by atoms with E-state index in [-0.39, 0.29) is 15.9 Å². The van der Waals surface area contributed by atoms with Crippen LogP contribution in [0.15, 0.2) is 10.8 Å². The lowest BCUT2D eigenvalue weighted by Gasteiger charge is -2.26. The quantitative estimate of drug-likeness (QED) is 0.696. The molecule has 1 amide bonds. The average Bonchev–Trinajstić information content (AvgIpc) is 3.20. The lowest BCUT2D eigenvalue weighted by molar-refractivity contribution is 0.0946. The number of amides is 1. The summed E-state index contributed by atoms with van der Waals surface area (Å²) in [6.45, 7) is -24.0. The molecular formula is C19H26ClN3O3S. The van der Waals surface area contributed by atoms with Crippen molar-refractivity contribution in [2.24, 2.45) is 0 Å². The number of carbonyl (C=O) groups is 1. The molecular weight excluding hydrogens is 386 g/mol. The topological polar surface area (TPSA) is 74.6 Å². The molecule has 8 heteroatoms. The van der Waals surface area contributed by atoms with Crippen molar-refractivity contribution in [1.82, 2.24) is 14.8 Å². The second kappa shape index (κ2) is 8.63. The predicted molar refractivity (Wildman–Crippen MR) is 110 cm³/mol. The molecule has 0 atom stereocenters. The summed E-state index contributed by atoms with van der Waals surface area (Å²) in [5.74, 6) is -3.59. The molecule has 148 valence electrons. The number of hydrogen-bond acceptors (Lipinski definition) is 5. The van der Waals surface area contributed by atoms with Crippen LogP contribution in [0, 0.1) is 0 Å². The fourth-order valence-corrected chi connectivity index (χ4v) is 3.18. The maximum atomic E-state index is 13.9. The molecule has 1 aliphatic heterocycles. The van der Waals surface area contributed by atoms with E-state index in [1.165, 1.54) is 0 Å². The number of likely N-dealkylation sites (tertiary alicyclic amines) is 1. The normalized spacial score (nSPS) is 40.2. The highest BCUT2D eigenvalue weighted by atomic mass is 35.5. The molecule has 2 N–H and O–H groups in total. The van der Waals surface area contributed by atoms with Crippen molar-refractivity contribution in [3.8, 4) is 5.75 Å². The Morgan fingerprint density at radius 1 is 1.63 bits per heavy atom. The van der Waals surface area contributed by atoms with Gasteiger partial charge in [0.25, 0.3) is 12.9 Å². The van der Waals surface area contributed by atoms with Crippen molar-refractivity contribution in [2.75, 3.05) is 26.0 Å². The molecule has 1 fully saturated rings. The van der Waals surface area contributed by atoms with Crippen molar-refractivity contribution in [3.63, 3.8) is 0 Å². The lowest BCUT2D eigenvalue weighted by Crippen LogP contribution is -2.36. The molecule has 0 bridgehead atoms. The summed E-state index contributed by atoms with van der Waals surface area (Å²) < 4.78 is 193. The molecule has 2 aromatic rings. The van der Waals surface area contributed by atoms with Crippen molar-refractivity contribution in [1.29, 1.82) is 1.43 Å². The summed E-state index contributed by atoms with van der Waals surface area (Å²) in [6, 6.07) is -4.91. The van der Waals surface area contributed by atoms with Gasteiger partial charge in [-0.25, -0.2) is 0 Å². The Kier molecular flexibility index (Phi) is 1.83. The second-order valence-electron chi connectivity index (χ2n) is 4.72. The van der Waals surface area contributed by atoms with E-state index >= 15 is 0 Å². The molecule has 0 aliphatic carbocycles. The van der Waals surface area contributed by atoms with Crippen LogP contribution in [0.3, 0.4) is 0 Å². The van der Waals surface area contributed by atoms with Gasteiger partial charge in [0.2, 0.25) is 0 Å². The molecule has 0 aromatic carbocycles. The number of carbonyl (C=O) groups excluding carboxylic acids is 1. The molecule has 0 saturated carbocycles. The van der Waals surface area contributed by atoms with E-state index in [1.54, 1.807) is 0 Å². The number of aromatic hydroxyl groups is 1. The summed E-state index contributed by atoms with van der Waals surface area (Å²) in [4.78, 5) is 26.0. The Morgan fingerprint density at radius 2 is 2.41 bits per heavy atom. The zero-order chi connectivity index (χ0) is 40.5. The van der Waals surface area contributed by atoms with E-state index in [4.69, 9.17) is 44.6 Å². The van der Waals surface area contributed by atoms with Gasteiger partial charge in [-0.3, -0.25) is 14.2 Å². The zero-order valence-electron chi connectivity index (χ0n) is 37.1. The van der Waals surface area contributed by atoms with Crippen LogP contribution in [0.2, 0.25) is 5.75 Å². The van der Waals surface area contributed by atoms with Gasteiger partial charge >= 0.3 is 0 Å². The third-order valence-electron chi connectivity index (χ3n) is 3.09. The van der Waals surface area contributed by atoms with E-state index in [9.17, 15) is 9.59 Å². The molecule has 6 nitrogen and oxygen atoms in total. The van der Waals surface area contributed by atoms with Gasteiger partial charge in [0.1, 0.15) is 16.1 Å². The number of aromatic nitrogens is 1. The van der Waals surface area contributed by atoms with Gasteiger partial charge in [0, 0.05) is 39.9 Å². The highest BCUT2D eigenvalue weighted by molar-refractivity contribution is 7.22. The first-order valence-electron chi connectivity index (χ1n) is 18.8. The van der Waals surface area contributed by atoms with Crippen LogP contribution < -0.4 is 10.9 Å². The molecule has 2 aromatic heterocycles. The highest BCUT2D eigenvalue weighted by Gasteiger charge is 2.24. The van der Waals surface area contributed by atoms with Crippen LogP contribution in [0.4, 0.5) is 0 Å². The average molecular weight is 436 g/mol. The van der Waals surface area contributed by atoms with Crippen molar-refractivity contribution in [2.45, 2.75) is 45.3 Å². The second-order valence-corrected chi connectivity index (χ2v) is 6.32. The predicted octanol–water partition coefficient (Wildman–Crippen LogP) is 3.61. The maximum absolute atomic E-state index is 13.9. The number of piperidine rings is 1. The van der Waals surface area contributed by atoms with Crippen molar-refractivity contribution >= 4 is 39.1 Å². The number of pyridine rings is 1. The number of nitrogens with one attached hydrogen (secondary N) is 1. The summed E-state index contributed by atoms with van der Waals surface area (Å²) in [7, 11) is 0. The monoisotopic (exact) mass is 435 g/mol. The molecule has 0 radical (unpaired) electrons. The standard InChI is InChI=1S/C19H26ClN3O3S/c1-12(2)23-18(26)15(16(24)13-11-14(20)27-19(13)23)17(25)21-7-6-10-22-8-4-3-5-9-22/h11-12,24H,3-10H2,1-2H3,(H,21,25)/i1D3,2D3,3D2,4D2,5D2,7D2,8D2,9D2,10D2,11D,12D/hD2. The largest absolute Gasteiger partial charge is 0.506 e. The zero-order valence-corrected chi connectivity index (χ0v) is 14.6. The lowest BCUT2D eigenvalue weighted by atomic mass is 10.1. The smallest absolute Gasteiger partial charge is 0.293 e. The third-order valence-corrected chi connectivity index (χ3v) is 4.28. The van der Waals surface area contributed by atoms with E-state index in [1.807, 2.05) is 0 Å². The van der Waals surface area contributed by atoms with E-state index in [2.05, 4.69) is 5.11 Å². The van der Waals surface area contributed by atoms with Crippen molar-refractivity contribution < 1.29 is 41.5 Å². The minimum absolute atomic E-state index is 0.163. The molecule has 27 heavy (non-hydrogen) atoms. The Labute approximate surface area is 201 Å². The summed E-state index contributed by atoms with van der Waals surface area (Å²) in [5.41, 5.74) is -3.84. The molecule has 0 spiro atoms. The number of thiophene rings is 1. The van der Waals surface area contributed by atoms with Gasteiger partial charge in [-0.1, -0.05) is 18.0 Å². The highest BCUT2D eigenvalue weighted by Crippen LogP contribution is 2.36. The SMILES string of the molecule is [2H]Oc1c(C(=O)N([2H])C([2H])([2H])CC([2H])([2H])N2C([2H])([2H])C([2H])([2H])C([2H])([2H])C([2H])([2H])C2([2H])[2H])c(=O)n(C([2H])(C([2H])([2H])[2H])C([2H])([2H])[2H])c2sc(Cl)c([2H])c12. The Bertz CT molecular complexity index is 1750. The Morgan fingerprint density at radius 3 is 3.11 bits per heavy atom. The number of nitrogens with zero attached hydrogens (tertiary/aromatic N) is 2. The van der Waals surface area contributed by atoms with E-state index < -0.39 is 125 Å². The maximum Gasteiger partial charge on any atom is 0.293 e. The van der Waals surface area contributed by atoms with Gasteiger partial charge in [0.05, 0.1) is 12.5 Å². The van der Waals surface area contributed by atoms with Crippen LogP contribution in [-0.4, -0.2) is 47.9 Å². The van der Waals surface area contributed by atoms with Crippen LogP contribution in [0.25, 0.3) is 10.2 Å². The summed E-state index contributed by atoms with van der Waals surface area (Å²) in [6.07, 6.45) is -14.2. The molecule has 3 rings (SSSR count). The van der Waals surface area contributed by atoms with Gasteiger partial charge in [-0.05, 0) is 58.4 Å². The first-order chi connectivity index (χ1) is 22.3. The van der Waals surface area contributed by atoms with Gasteiger partial charge < -0.3 is 15.3 Å². The summed E-state index contributed by atoms with van der Waals surface area (Å²) in [5, 5.41) is 2.56. The minimum Gasteiger partial charge on any atom is -0.506 e. The van der Waals surface area contributed by atoms with Crippen LogP contribution in [0.5, 0.6) is 5.75 Å². The fraction of sp³-hybridized carbons (Fsp3) is 0.579. The van der Waals surface area contributed by atoms with Gasteiger partial charge in [0.15, 0.2) is 1.41 Å². The van der Waals surface area contributed by atoms with E-state index in [0.29, 0.717) is 0 Å². The minimum atomic E-state index is -4.13. The fourth-order valence-electron chi connectivity index (χ4n) is 2.03. The van der Waals surface area contributed by atoms with Crippen LogP contribution >= 0.6 is 22.9 Å². The van der Waals surface area contributed by atoms with Crippen molar-refractivity contribution in [3.05, 3.63) is 26.3 Å². The van der Waals surface area contributed by atoms with Crippen LogP contribution in [-0.2, 0) is 0 Å². The van der Waals surface area contributed by atoms with Gasteiger partial charge in [-0.2, -0.15) is 0 Å². The molecule has 1 saturated heterocycles. The first kappa shape index (κ1) is 5.74. The number of halogens is 1. The first-order valence-corrected chi connectivity index (χ1v) is 8.15.